The molecular formula is C19H24N4O6. The van der Waals surface area contributed by atoms with E-state index in [4.69, 9.17) is 15.9 Å². The van der Waals surface area contributed by atoms with Crippen molar-refractivity contribution in [1.29, 1.82) is 0 Å². The second-order valence-corrected chi connectivity index (χ2v) is 5.78. The SMILES string of the molecule is NCCNC(=O)CCCc1cc(-c2ccccc2)nn1O.O=C(O)/C=C\C(=O)O. The van der Waals surface area contributed by atoms with Gasteiger partial charge in [-0.3, -0.25) is 4.79 Å². The third kappa shape index (κ3) is 9.73. The normalized spacial score (nSPS) is 10.2. The van der Waals surface area contributed by atoms with Gasteiger partial charge in [0.25, 0.3) is 0 Å². The number of rotatable bonds is 9. The second-order valence-electron chi connectivity index (χ2n) is 5.78. The lowest BCUT2D eigenvalue weighted by atomic mass is 10.1. The van der Waals surface area contributed by atoms with Crippen LogP contribution in [0.5, 0.6) is 0 Å². The van der Waals surface area contributed by atoms with Crippen molar-refractivity contribution in [3.8, 4) is 11.3 Å². The number of aliphatic carboxylic acids is 2. The van der Waals surface area contributed by atoms with Gasteiger partial charge in [-0.2, -0.15) is 0 Å². The van der Waals surface area contributed by atoms with Gasteiger partial charge < -0.3 is 26.5 Å². The summed E-state index contributed by atoms with van der Waals surface area (Å²) >= 11 is 0. The van der Waals surface area contributed by atoms with Crippen LogP contribution in [0.1, 0.15) is 18.5 Å². The van der Waals surface area contributed by atoms with Gasteiger partial charge in [-0.15, -0.1) is 9.94 Å². The highest BCUT2D eigenvalue weighted by Crippen LogP contribution is 2.19. The van der Waals surface area contributed by atoms with Crippen molar-refractivity contribution < 1.29 is 29.8 Å². The van der Waals surface area contributed by atoms with Crippen LogP contribution in [0.15, 0.2) is 48.6 Å². The summed E-state index contributed by atoms with van der Waals surface area (Å²) in [6.45, 7) is 0.935. The first-order valence-electron chi connectivity index (χ1n) is 8.77. The van der Waals surface area contributed by atoms with Crippen LogP contribution < -0.4 is 11.1 Å². The zero-order chi connectivity index (χ0) is 21.6. The molecule has 6 N–H and O–H groups in total. The van der Waals surface area contributed by atoms with Gasteiger partial charge in [0, 0.05) is 37.2 Å². The first kappa shape index (κ1) is 23.4. The monoisotopic (exact) mass is 404 g/mol. The molecule has 0 unspecified atom stereocenters. The minimum absolute atomic E-state index is 0.0206. The van der Waals surface area contributed by atoms with E-state index in [0.29, 0.717) is 50.2 Å². The number of hydrogen-bond acceptors (Lipinski definition) is 6. The highest BCUT2D eigenvalue weighted by atomic mass is 16.5. The molecule has 0 saturated heterocycles. The van der Waals surface area contributed by atoms with Crippen molar-refractivity contribution >= 4 is 17.8 Å². The molecule has 0 fully saturated rings. The van der Waals surface area contributed by atoms with Crippen molar-refractivity contribution in [1.82, 2.24) is 15.3 Å². The second kappa shape index (κ2) is 12.7. The molecule has 1 aromatic carbocycles. The van der Waals surface area contributed by atoms with E-state index in [2.05, 4.69) is 10.4 Å². The molecule has 0 radical (unpaired) electrons. The van der Waals surface area contributed by atoms with E-state index in [1.165, 1.54) is 0 Å². The number of carbonyl (C=O) groups is 3. The Hall–Kier alpha value is -3.66. The van der Waals surface area contributed by atoms with Gasteiger partial charge in [0.2, 0.25) is 5.91 Å². The summed E-state index contributed by atoms with van der Waals surface area (Å²) in [4.78, 5) is 31.4. The summed E-state index contributed by atoms with van der Waals surface area (Å²) in [6, 6.07) is 11.5. The summed E-state index contributed by atoms with van der Waals surface area (Å²) in [5, 5.41) is 32.2. The number of nitrogens with one attached hydrogen (secondary N) is 1. The highest BCUT2D eigenvalue weighted by molar-refractivity contribution is 5.89. The number of carbonyl (C=O) groups excluding carboxylic acids is 1. The molecule has 0 spiro atoms. The van der Waals surface area contributed by atoms with Crippen LogP contribution in [-0.4, -0.2) is 56.3 Å². The lowest BCUT2D eigenvalue weighted by molar-refractivity contribution is -0.134. The Morgan fingerprint density at radius 1 is 1.10 bits per heavy atom. The fourth-order valence-electron chi connectivity index (χ4n) is 2.21. The average molecular weight is 404 g/mol. The van der Waals surface area contributed by atoms with Crippen molar-refractivity contribution in [3.05, 3.63) is 54.2 Å². The number of nitrogens with zero attached hydrogens (tertiary/aromatic N) is 2. The molecule has 10 heteroatoms. The molecule has 0 atom stereocenters. The van der Waals surface area contributed by atoms with Crippen LogP contribution in [0.3, 0.4) is 0 Å². The summed E-state index contributed by atoms with van der Waals surface area (Å²) in [5.41, 5.74) is 7.68. The number of carboxylic acid groups (broad SMARTS) is 2. The van der Waals surface area contributed by atoms with E-state index < -0.39 is 11.9 Å². The first-order valence-corrected chi connectivity index (χ1v) is 8.77. The predicted octanol–water partition coefficient (Wildman–Crippen LogP) is 0.897. The van der Waals surface area contributed by atoms with Gasteiger partial charge in [-0.25, -0.2) is 9.59 Å². The maximum absolute atomic E-state index is 11.5. The zero-order valence-corrected chi connectivity index (χ0v) is 15.7. The lowest BCUT2D eigenvalue weighted by Gasteiger charge is -2.03. The van der Waals surface area contributed by atoms with Crippen LogP contribution in [0, 0.1) is 0 Å². The van der Waals surface area contributed by atoms with Gasteiger partial charge >= 0.3 is 11.9 Å². The summed E-state index contributed by atoms with van der Waals surface area (Å²) < 4.78 is 0. The Kier molecular flexibility index (Phi) is 10.2. The molecular weight excluding hydrogens is 380 g/mol. The molecule has 0 aliphatic heterocycles. The molecule has 1 aromatic heterocycles. The van der Waals surface area contributed by atoms with Gasteiger partial charge in [-0.1, -0.05) is 30.3 Å². The predicted molar refractivity (Wildman–Crippen MR) is 104 cm³/mol. The molecule has 0 aliphatic rings. The van der Waals surface area contributed by atoms with Crippen LogP contribution >= 0.6 is 0 Å². The van der Waals surface area contributed by atoms with Crippen LogP contribution in [0.25, 0.3) is 11.3 Å². The maximum atomic E-state index is 11.5. The van der Waals surface area contributed by atoms with Gasteiger partial charge in [0.1, 0.15) is 0 Å². The fourth-order valence-corrected chi connectivity index (χ4v) is 2.21. The molecule has 1 amide bonds. The Morgan fingerprint density at radius 2 is 1.72 bits per heavy atom. The van der Waals surface area contributed by atoms with Crippen molar-refractivity contribution in [3.63, 3.8) is 0 Å². The van der Waals surface area contributed by atoms with Gasteiger partial charge in [0.05, 0.1) is 11.4 Å². The molecule has 10 nitrogen and oxygen atoms in total. The van der Waals surface area contributed by atoms with Crippen LogP contribution in [-0.2, 0) is 20.8 Å². The number of nitrogens with two attached hydrogens (primary N) is 1. The average Bonchev–Trinajstić information content (AvgIpc) is 3.06. The van der Waals surface area contributed by atoms with Gasteiger partial charge in [0.15, 0.2) is 0 Å². The number of amides is 1. The van der Waals surface area contributed by atoms with E-state index in [0.717, 1.165) is 16.1 Å². The van der Waals surface area contributed by atoms with Crippen molar-refractivity contribution in [2.24, 2.45) is 5.73 Å². The molecule has 0 bridgehead atoms. The van der Waals surface area contributed by atoms with E-state index >= 15 is 0 Å². The number of aromatic nitrogens is 2. The topological polar surface area (TPSA) is 168 Å². The minimum atomic E-state index is -1.26. The number of benzene rings is 1. The zero-order valence-electron chi connectivity index (χ0n) is 15.7. The van der Waals surface area contributed by atoms with Crippen LogP contribution in [0.4, 0.5) is 0 Å². The molecule has 0 aliphatic carbocycles. The third-order valence-electron chi connectivity index (χ3n) is 3.50. The fraction of sp³-hybridized carbons (Fsp3) is 0.263. The summed E-state index contributed by atoms with van der Waals surface area (Å²) in [7, 11) is 0. The standard InChI is InChI=1S/C15H20N4O2.C4H4O4/c16-9-10-17-15(20)8-4-7-13-11-14(18-19(13)21)12-5-2-1-3-6-12;5-3(6)1-2-4(7)8/h1-3,5-6,11,21H,4,7-10,16H2,(H,17,20);1-2H,(H,5,6)(H,7,8)/b;2-1-. The highest BCUT2D eigenvalue weighted by Gasteiger charge is 2.09. The van der Waals surface area contributed by atoms with E-state index in [9.17, 15) is 19.6 Å². The maximum Gasteiger partial charge on any atom is 0.328 e. The number of hydrogen-bond donors (Lipinski definition) is 5. The molecule has 2 aromatic rings. The van der Waals surface area contributed by atoms with Gasteiger partial charge in [-0.05, 0) is 18.9 Å². The Labute approximate surface area is 167 Å². The Balaban J connectivity index is 0.000000447. The van der Waals surface area contributed by atoms with Crippen molar-refractivity contribution in [2.75, 3.05) is 13.1 Å². The van der Waals surface area contributed by atoms with E-state index in [-0.39, 0.29) is 5.91 Å². The minimum Gasteiger partial charge on any atom is -0.478 e. The van der Waals surface area contributed by atoms with E-state index in [1.807, 2.05) is 36.4 Å². The lowest BCUT2D eigenvalue weighted by Crippen LogP contribution is -2.28. The Morgan fingerprint density at radius 3 is 2.28 bits per heavy atom. The molecule has 2 rings (SSSR count). The van der Waals surface area contributed by atoms with Crippen LogP contribution in [0.2, 0.25) is 0 Å². The molecule has 29 heavy (non-hydrogen) atoms. The summed E-state index contributed by atoms with van der Waals surface area (Å²) in [6.07, 6.45) is 2.76. The smallest absolute Gasteiger partial charge is 0.328 e. The third-order valence-corrected chi connectivity index (χ3v) is 3.50. The number of aryl methyl sites for hydroxylation is 1. The largest absolute Gasteiger partial charge is 0.478 e. The quantitative estimate of drug-likeness (QED) is 0.303. The molecule has 0 saturated carbocycles. The Bertz CT molecular complexity index is 816. The number of carboxylic acids is 2. The molecule has 1 heterocycles. The van der Waals surface area contributed by atoms with Crippen molar-refractivity contribution in [2.45, 2.75) is 19.3 Å². The first-order chi connectivity index (χ1) is 13.8. The van der Waals surface area contributed by atoms with E-state index in [1.54, 1.807) is 0 Å². The summed E-state index contributed by atoms with van der Waals surface area (Å²) in [5.74, 6) is -2.53. The molecule has 156 valence electrons.